The van der Waals surface area contributed by atoms with Gasteiger partial charge in [-0.15, -0.1) is 0 Å². The summed E-state index contributed by atoms with van der Waals surface area (Å²) in [6.45, 7) is 7.45. The minimum absolute atomic E-state index is 0.0916. The molecular formula is C13H21NO. The van der Waals surface area contributed by atoms with E-state index in [1.54, 1.807) is 0 Å². The fourth-order valence-corrected chi connectivity index (χ4v) is 1.55. The second-order valence-electron chi connectivity index (χ2n) is 5.24. The van der Waals surface area contributed by atoms with E-state index >= 15 is 0 Å². The molecule has 1 aliphatic rings. The molecule has 0 radical (unpaired) electrons. The lowest BCUT2D eigenvalue weighted by Crippen LogP contribution is -2.26. The van der Waals surface area contributed by atoms with E-state index in [1.807, 2.05) is 18.2 Å². The van der Waals surface area contributed by atoms with Crippen molar-refractivity contribution in [2.75, 3.05) is 6.54 Å². The molecule has 1 amide bonds. The molecule has 0 spiro atoms. The van der Waals surface area contributed by atoms with Crippen LogP contribution in [-0.2, 0) is 4.79 Å². The van der Waals surface area contributed by atoms with Crippen molar-refractivity contribution < 1.29 is 4.79 Å². The molecule has 0 unspecified atom stereocenters. The van der Waals surface area contributed by atoms with Crippen molar-refractivity contribution in [2.24, 2.45) is 5.41 Å². The van der Waals surface area contributed by atoms with Gasteiger partial charge in [0.1, 0.15) is 0 Å². The maximum atomic E-state index is 11.6. The Hall–Kier alpha value is -1.05. The summed E-state index contributed by atoms with van der Waals surface area (Å²) in [5.74, 6) is 0.0916. The molecule has 0 aromatic heterocycles. The molecule has 1 rings (SSSR count). The third kappa shape index (κ3) is 4.82. The van der Waals surface area contributed by atoms with E-state index in [0.29, 0.717) is 5.41 Å². The number of carbonyl (C=O) groups excluding carboxylic acids is 1. The van der Waals surface area contributed by atoms with Gasteiger partial charge in [-0.1, -0.05) is 39.0 Å². The van der Waals surface area contributed by atoms with Gasteiger partial charge in [-0.05, 0) is 24.7 Å². The smallest absolute Gasteiger partial charge is 0.247 e. The molecule has 2 nitrogen and oxygen atoms in total. The molecule has 84 valence electrons. The highest BCUT2D eigenvalue weighted by Crippen LogP contribution is 2.19. The minimum Gasteiger partial charge on any atom is -0.352 e. The predicted octanol–water partition coefficient (Wildman–Crippen LogP) is 2.82. The molecule has 1 aliphatic carbocycles. The molecular weight excluding hydrogens is 186 g/mol. The van der Waals surface area contributed by atoms with Crippen LogP contribution in [0, 0.1) is 5.41 Å². The van der Waals surface area contributed by atoms with Crippen LogP contribution in [0.3, 0.4) is 0 Å². The van der Waals surface area contributed by atoms with Gasteiger partial charge in [-0.3, -0.25) is 4.79 Å². The highest BCUT2D eigenvalue weighted by molar-refractivity contribution is 5.94. The molecule has 0 saturated heterocycles. The van der Waals surface area contributed by atoms with Crippen molar-refractivity contribution in [1.82, 2.24) is 5.32 Å². The monoisotopic (exact) mass is 207 g/mol. The van der Waals surface area contributed by atoms with Crippen LogP contribution in [0.1, 0.15) is 40.0 Å². The van der Waals surface area contributed by atoms with Crippen LogP contribution >= 0.6 is 0 Å². The van der Waals surface area contributed by atoms with E-state index in [-0.39, 0.29) is 5.91 Å². The van der Waals surface area contributed by atoms with Gasteiger partial charge in [0.15, 0.2) is 0 Å². The van der Waals surface area contributed by atoms with Crippen LogP contribution in [0.5, 0.6) is 0 Å². The number of amides is 1. The van der Waals surface area contributed by atoms with Crippen molar-refractivity contribution in [3.63, 3.8) is 0 Å². The fraction of sp³-hybridized carbons (Fsp3) is 0.615. The Bertz CT molecular complexity index is 281. The molecule has 2 heteroatoms. The van der Waals surface area contributed by atoms with Gasteiger partial charge in [-0.25, -0.2) is 0 Å². The Morgan fingerprint density at radius 2 is 2.20 bits per heavy atom. The number of nitrogens with one attached hydrogen (secondary N) is 1. The van der Waals surface area contributed by atoms with Gasteiger partial charge in [0.25, 0.3) is 0 Å². The number of allylic oxidation sites excluding steroid dienone is 3. The normalized spacial score (nSPS) is 15.3. The van der Waals surface area contributed by atoms with Crippen molar-refractivity contribution in [1.29, 1.82) is 0 Å². The Morgan fingerprint density at radius 1 is 1.47 bits per heavy atom. The zero-order chi connectivity index (χ0) is 11.3. The Morgan fingerprint density at radius 3 is 2.73 bits per heavy atom. The van der Waals surface area contributed by atoms with Crippen LogP contribution in [0.2, 0.25) is 0 Å². The summed E-state index contributed by atoms with van der Waals surface area (Å²) in [6.07, 6.45) is 8.80. The molecule has 0 aromatic carbocycles. The molecule has 15 heavy (non-hydrogen) atoms. The average molecular weight is 207 g/mol. The first kappa shape index (κ1) is 12.0. The van der Waals surface area contributed by atoms with Gasteiger partial charge >= 0.3 is 0 Å². The van der Waals surface area contributed by atoms with Crippen LogP contribution in [0.4, 0.5) is 0 Å². The van der Waals surface area contributed by atoms with Crippen LogP contribution in [0.15, 0.2) is 23.8 Å². The second-order valence-corrected chi connectivity index (χ2v) is 5.24. The molecule has 0 atom stereocenters. The fourth-order valence-electron chi connectivity index (χ4n) is 1.55. The van der Waals surface area contributed by atoms with E-state index in [4.69, 9.17) is 0 Å². The first-order chi connectivity index (χ1) is 6.99. The first-order valence-electron chi connectivity index (χ1n) is 5.63. The second kappa shape index (κ2) is 5.15. The molecule has 1 N–H and O–H groups in total. The highest BCUT2D eigenvalue weighted by Gasteiger charge is 2.11. The standard InChI is InChI=1S/C13H21NO/c1-13(2,3)9-6-10-14-12(15)11-7-4-5-8-11/h4-5,7H,6,8-10H2,1-3H3,(H,14,15). The summed E-state index contributed by atoms with van der Waals surface area (Å²) in [5, 5.41) is 2.95. The SMILES string of the molecule is CC(C)(C)CCCNC(=O)C1=CC=CC1. The lowest BCUT2D eigenvalue weighted by atomic mass is 9.91. The zero-order valence-electron chi connectivity index (χ0n) is 9.97. The summed E-state index contributed by atoms with van der Waals surface area (Å²) >= 11 is 0. The third-order valence-electron chi connectivity index (χ3n) is 2.45. The number of carbonyl (C=O) groups is 1. The van der Waals surface area contributed by atoms with Crippen molar-refractivity contribution in [3.8, 4) is 0 Å². The third-order valence-corrected chi connectivity index (χ3v) is 2.45. The van der Waals surface area contributed by atoms with E-state index in [9.17, 15) is 4.79 Å². The number of rotatable bonds is 4. The summed E-state index contributed by atoms with van der Waals surface area (Å²) in [6, 6.07) is 0. The largest absolute Gasteiger partial charge is 0.352 e. The number of hydrogen-bond donors (Lipinski definition) is 1. The lowest BCUT2D eigenvalue weighted by molar-refractivity contribution is -0.117. The molecule has 0 bridgehead atoms. The molecule has 0 aliphatic heterocycles. The van der Waals surface area contributed by atoms with Gasteiger partial charge in [-0.2, -0.15) is 0 Å². The maximum absolute atomic E-state index is 11.6. The van der Waals surface area contributed by atoms with Gasteiger partial charge in [0.05, 0.1) is 0 Å². The van der Waals surface area contributed by atoms with Crippen molar-refractivity contribution in [2.45, 2.75) is 40.0 Å². The van der Waals surface area contributed by atoms with Crippen LogP contribution in [0.25, 0.3) is 0 Å². The quantitative estimate of drug-likeness (QED) is 0.706. The number of hydrogen-bond acceptors (Lipinski definition) is 1. The van der Waals surface area contributed by atoms with Gasteiger partial charge in [0, 0.05) is 12.1 Å². The molecule has 0 heterocycles. The van der Waals surface area contributed by atoms with E-state index < -0.39 is 0 Å². The van der Waals surface area contributed by atoms with E-state index in [0.717, 1.165) is 31.4 Å². The topological polar surface area (TPSA) is 29.1 Å². The van der Waals surface area contributed by atoms with Crippen LogP contribution < -0.4 is 5.32 Å². The predicted molar refractivity (Wildman–Crippen MR) is 63.5 cm³/mol. The first-order valence-corrected chi connectivity index (χ1v) is 5.63. The molecule has 0 aromatic rings. The Labute approximate surface area is 92.4 Å². The van der Waals surface area contributed by atoms with Gasteiger partial charge < -0.3 is 5.32 Å². The summed E-state index contributed by atoms with van der Waals surface area (Å²) in [5.41, 5.74) is 1.24. The van der Waals surface area contributed by atoms with Crippen LogP contribution in [-0.4, -0.2) is 12.5 Å². The Kier molecular flexibility index (Phi) is 4.13. The summed E-state index contributed by atoms with van der Waals surface area (Å²) < 4.78 is 0. The highest BCUT2D eigenvalue weighted by atomic mass is 16.1. The van der Waals surface area contributed by atoms with E-state index in [1.165, 1.54) is 0 Å². The maximum Gasteiger partial charge on any atom is 0.247 e. The minimum atomic E-state index is 0.0916. The Balaban J connectivity index is 2.13. The van der Waals surface area contributed by atoms with E-state index in [2.05, 4.69) is 26.1 Å². The van der Waals surface area contributed by atoms with Gasteiger partial charge in [0.2, 0.25) is 5.91 Å². The lowest BCUT2D eigenvalue weighted by Gasteiger charge is -2.17. The average Bonchev–Trinajstić information content (AvgIpc) is 2.63. The van der Waals surface area contributed by atoms with Crippen molar-refractivity contribution >= 4 is 5.91 Å². The van der Waals surface area contributed by atoms with Crippen molar-refractivity contribution in [3.05, 3.63) is 23.8 Å². The summed E-state index contributed by atoms with van der Waals surface area (Å²) in [4.78, 5) is 11.6. The zero-order valence-corrected chi connectivity index (χ0v) is 9.97. The summed E-state index contributed by atoms with van der Waals surface area (Å²) in [7, 11) is 0. The molecule has 0 saturated carbocycles. The molecule has 0 fully saturated rings.